The van der Waals surface area contributed by atoms with Gasteiger partial charge in [0.05, 0.1) is 5.92 Å². The van der Waals surface area contributed by atoms with E-state index in [2.05, 4.69) is 0 Å². The van der Waals surface area contributed by atoms with E-state index >= 15 is 0 Å². The van der Waals surface area contributed by atoms with Crippen LogP contribution < -0.4 is 0 Å². The number of ketones is 1. The van der Waals surface area contributed by atoms with Crippen molar-refractivity contribution in [3.05, 3.63) is 36.5 Å². The second-order valence-corrected chi connectivity index (χ2v) is 15.3. The number of carbonyl (C=O) groups excluding carboxylic acids is 5. The number of allylic oxidation sites excluding steroid dienone is 4. The van der Waals surface area contributed by atoms with E-state index in [1.54, 1.807) is 61.5 Å². The summed E-state index contributed by atoms with van der Waals surface area (Å²) in [5.41, 5.74) is -7.51. The molecule has 0 aromatic heterocycles. The summed E-state index contributed by atoms with van der Waals surface area (Å²) in [6, 6.07) is 0. The summed E-state index contributed by atoms with van der Waals surface area (Å²) in [6.45, 7) is 21.0. The predicted octanol–water partition coefficient (Wildman–Crippen LogP) is 6.89. The van der Waals surface area contributed by atoms with Crippen LogP contribution >= 0.6 is 0 Å². The second kappa shape index (κ2) is 16.8. The Bertz CT molecular complexity index is 1250. The zero-order valence-electron chi connectivity index (χ0n) is 31.7. The van der Waals surface area contributed by atoms with Crippen LogP contribution in [0.5, 0.6) is 0 Å². The van der Waals surface area contributed by atoms with Gasteiger partial charge in [-0.1, -0.05) is 64.2 Å². The zero-order valence-corrected chi connectivity index (χ0v) is 31.7. The summed E-state index contributed by atoms with van der Waals surface area (Å²) in [7, 11) is 0. The van der Waals surface area contributed by atoms with Crippen LogP contribution in [0.25, 0.3) is 0 Å². The highest BCUT2D eigenvalue weighted by Gasteiger charge is 2.55. The molecule has 13 heteroatoms. The monoisotopic (exact) mass is 708 g/mol. The van der Waals surface area contributed by atoms with Crippen molar-refractivity contribution in [2.24, 2.45) is 22.7 Å². The third kappa shape index (κ3) is 10.8. The molecule has 1 unspecified atom stereocenters. The third-order valence-electron chi connectivity index (χ3n) is 9.46. The van der Waals surface area contributed by atoms with Crippen molar-refractivity contribution < 1.29 is 63.1 Å². The van der Waals surface area contributed by atoms with Gasteiger partial charge in [0.15, 0.2) is 5.41 Å². The fraction of sp³-hybridized carbons (Fsp3) is 0.703. The molecule has 0 saturated heterocycles. The quantitative estimate of drug-likeness (QED) is 0.0627. The van der Waals surface area contributed by atoms with Crippen molar-refractivity contribution in [3.8, 4) is 0 Å². The summed E-state index contributed by atoms with van der Waals surface area (Å²) in [5, 5.41) is 0. The number of rotatable bonds is 18. The summed E-state index contributed by atoms with van der Waals surface area (Å²) < 4.78 is 0. The van der Waals surface area contributed by atoms with Gasteiger partial charge < -0.3 is 0 Å². The molecule has 0 amide bonds. The first kappa shape index (κ1) is 42.8. The molecular formula is C37H56O13. The zero-order chi connectivity index (χ0) is 38.2. The maximum Gasteiger partial charge on any atom is 0.367 e. The SMILES string of the molecule is CCC(C)(C)OOC(=O)C1(C(=O)OOC(C)(C)CC)C=CC(C(=O)C2C=CCC(C(=O)OOC(C)(C)CC)(C(=O)OOC(C)(C)CC)C2)C=C1. The van der Waals surface area contributed by atoms with E-state index in [0.29, 0.717) is 25.7 Å². The van der Waals surface area contributed by atoms with Gasteiger partial charge in [0.25, 0.3) is 0 Å². The van der Waals surface area contributed by atoms with Gasteiger partial charge in [0.1, 0.15) is 28.2 Å². The number of carbonyl (C=O) groups is 5. The lowest BCUT2D eigenvalue weighted by molar-refractivity contribution is -0.344. The Morgan fingerprint density at radius 3 is 1.24 bits per heavy atom. The lowest BCUT2D eigenvalue weighted by atomic mass is 9.69. The molecule has 13 nitrogen and oxygen atoms in total. The standard InChI is InChI=1S/C37H56O13/c1-13-32(5,6)47-43-28(39)36(29(40)44-48-33(7,8)14-2)22-19-25(20-23-36)27(38)26-18-17-21-37(24-26,30(41)45-49-34(9,10)15-3)31(42)46-50-35(11,12)16-4/h17-20,22-23,25-26H,13-16,21,24H2,1-12H3. The highest BCUT2D eigenvalue weighted by molar-refractivity contribution is 6.05. The van der Waals surface area contributed by atoms with Crippen molar-refractivity contribution in [1.82, 2.24) is 0 Å². The van der Waals surface area contributed by atoms with E-state index in [0.717, 1.165) is 0 Å². The lowest BCUT2D eigenvalue weighted by Crippen LogP contribution is -2.47. The van der Waals surface area contributed by atoms with Crippen molar-refractivity contribution in [2.75, 3.05) is 0 Å². The van der Waals surface area contributed by atoms with Crippen LogP contribution in [0.2, 0.25) is 0 Å². The Morgan fingerprint density at radius 2 is 0.900 bits per heavy atom. The summed E-state index contributed by atoms with van der Waals surface area (Å²) in [6.07, 6.45) is 9.72. The molecule has 1 atom stereocenters. The van der Waals surface area contributed by atoms with Gasteiger partial charge >= 0.3 is 23.9 Å². The van der Waals surface area contributed by atoms with Crippen LogP contribution in [0.15, 0.2) is 36.5 Å². The maximum atomic E-state index is 14.0. The number of Topliss-reactive ketones (excluding diaryl/α,β-unsaturated/α-hetero) is 1. The van der Waals surface area contributed by atoms with Crippen LogP contribution in [0.4, 0.5) is 0 Å². The van der Waals surface area contributed by atoms with E-state index in [1.165, 1.54) is 30.4 Å². The highest BCUT2D eigenvalue weighted by Crippen LogP contribution is 2.42. The van der Waals surface area contributed by atoms with Crippen LogP contribution in [-0.4, -0.2) is 52.1 Å². The fourth-order valence-corrected chi connectivity index (χ4v) is 4.13. The third-order valence-corrected chi connectivity index (χ3v) is 9.46. The van der Waals surface area contributed by atoms with E-state index in [4.69, 9.17) is 39.1 Å². The Balaban J connectivity index is 2.41. The molecular weight excluding hydrogens is 652 g/mol. The Morgan fingerprint density at radius 1 is 0.560 bits per heavy atom. The average molecular weight is 709 g/mol. The van der Waals surface area contributed by atoms with Crippen molar-refractivity contribution in [3.63, 3.8) is 0 Å². The number of hydrogen-bond donors (Lipinski definition) is 0. The summed E-state index contributed by atoms with van der Waals surface area (Å²) in [4.78, 5) is 110. The minimum Gasteiger partial charge on any atom is -0.298 e. The minimum atomic E-state index is -2.14. The minimum absolute atomic E-state index is 0.139. The fourth-order valence-electron chi connectivity index (χ4n) is 4.13. The molecule has 2 aliphatic carbocycles. The van der Waals surface area contributed by atoms with Crippen molar-refractivity contribution in [1.29, 1.82) is 0 Å². The van der Waals surface area contributed by atoms with E-state index < -0.39 is 74.7 Å². The molecule has 0 aliphatic heterocycles. The molecule has 2 rings (SSSR count). The van der Waals surface area contributed by atoms with E-state index in [-0.39, 0.29) is 12.8 Å². The van der Waals surface area contributed by atoms with Gasteiger partial charge in [-0.25, -0.2) is 19.2 Å². The molecule has 0 aromatic carbocycles. The molecule has 0 spiro atoms. The first-order valence-electron chi connectivity index (χ1n) is 17.2. The van der Waals surface area contributed by atoms with E-state index in [1.807, 2.05) is 27.7 Å². The topological polar surface area (TPSA) is 159 Å². The summed E-state index contributed by atoms with van der Waals surface area (Å²) in [5.74, 6) is -6.69. The van der Waals surface area contributed by atoms with E-state index in [9.17, 15) is 24.0 Å². The normalized spacial score (nSPS) is 19.1. The Kier molecular flexibility index (Phi) is 14.3. The Labute approximate surface area is 295 Å². The van der Waals surface area contributed by atoms with Gasteiger partial charge in [0, 0.05) is 5.92 Å². The van der Waals surface area contributed by atoms with Gasteiger partial charge in [-0.05, 0) is 93.9 Å². The number of hydrogen-bond acceptors (Lipinski definition) is 13. The Hall–Kier alpha value is -3.39. The van der Waals surface area contributed by atoms with Crippen LogP contribution in [0.1, 0.15) is 122 Å². The predicted molar refractivity (Wildman–Crippen MR) is 180 cm³/mol. The molecule has 282 valence electrons. The van der Waals surface area contributed by atoms with Gasteiger partial charge in [-0.2, -0.15) is 19.6 Å². The molecule has 2 aliphatic rings. The first-order chi connectivity index (χ1) is 23.0. The van der Waals surface area contributed by atoms with Crippen LogP contribution in [0.3, 0.4) is 0 Å². The van der Waals surface area contributed by atoms with Crippen LogP contribution in [0, 0.1) is 22.7 Å². The van der Waals surface area contributed by atoms with Crippen molar-refractivity contribution in [2.45, 2.75) is 144 Å². The van der Waals surface area contributed by atoms with Gasteiger partial charge in [0.2, 0.25) is 5.41 Å². The maximum absolute atomic E-state index is 14.0. The highest BCUT2D eigenvalue weighted by atomic mass is 17.2. The average Bonchev–Trinajstić information content (AvgIpc) is 3.10. The molecule has 0 bridgehead atoms. The molecule has 0 aromatic rings. The molecule has 0 saturated carbocycles. The lowest BCUT2D eigenvalue weighted by Gasteiger charge is -2.35. The molecule has 50 heavy (non-hydrogen) atoms. The molecule has 0 N–H and O–H groups in total. The summed E-state index contributed by atoms with van der Waals surface area (Å²) >= 11 is 0. The van der Waals surface area contributed by atoms with Gasteiger partial charge in [-0.3, -0.25) is 24.3 Å². The van der Waals surface area contributed by atoms with Crippen molar-refractivity contribution >= 4 is 29.7 Å². The largest absolute Gasteiger partial charge is 0.367 e. The smallest absolute Gasteiger partial charge is 0.298 e. The first-order valence-corrected chi connectivity index (χ1v) is 17.2. The van der Waals surface area contributed by atoms with Gasteiger partial charge in [-0.15, -0.1) is 0 Å². The molecule has 0 fully saturated rings. The second-order valence-electron chi connectivity index (χ2n) is 15.3. The molecule has 0 heterocycles. The molecule has 0 radical (unpaired) electrons. The van der Waals surface area contributed by atoms with Crippen LogP contribution in [-0.2, 0) is 63.1 Å².